The lowest BCUT2D eigenvalue weighted by Crippen LogP contribution is -2.46. The number of halogens is 1. The molecule has 0 bridgehead atoms. The first-order chi connectivity index (χ1) is 12.0. The van der Waals surface area contributed by atoms with Crippen molar-refractivity contribution in [3.8, 4) is 5.75 Å². The minimum Gasteiger partial charge on any atom is -0.487 e. The van der Waals surface area contributed by atoms with Gasteiger partial charge in [-0.15, -0.1) is 0 Å². The van der Waals surface area contributed by atoms with E-state index in [0.29, 0.717) is 24.5 Å². The Morgan fingerprint density at radius 2 is 2.24 bits per heavy atom. The first-order valence-electron chi connectivity index (χ1n) is 8.50. The van der Waals surface area contributed by atoms with Gasteiger partial charge in [-0.2, -0.15) is 5.10 Å². The van der Waals surface area contributed by atoms with Crippen molar-refractivity contribution in [2.75, 3.05) is 24.5 Å². The average molecular weight is 344 g/mol. The highest BCUT2D eigenvalue weighted by Crippen LogP contribution is 2.37. The number of nitrogens with one attached hydrogen (secondary N) is 1. The topological polar surface area (TPSA) is 59.4 Å². The molecule has 1 unspecified atom stereocenters. The van der Waals surface area contributed by atoms with Crippen LogP contribution < -0.4 is 15.0 Å². The number of amides is 1. The highest BCUT2D eigenvalue weighted by molar-refractivity contribution is 5.97. The van der Waals surface area contributed by atoms with E-state index in [4.69, 9.17) is 4.74 Å². The van der Waals surface area contributed by atoms with E-state index in [9.17, 15) is 9.18 Å². The maximum atomic E-state index is 13.5. The number of carbonyl (C=O) groups excluding carboxylic acids is 1. The maximum absolute atomic E-state index is 13.5. The molecule has 2 aliphatic heterocycles. The number of anilines is 1. The van der Waals surface area contributed by atoms with E-state index < -0.39 is 0 Å². The van der Waals surface area contributed by atoms with Crippen molar-refractivity contribution in [2.24, 2.45) is 13.0 Å². The Bertz CT molecular complexity index is 806. The Labute approximate surface area is 145 Å². The van der Waals surface area contributed by atoms with Crippen LogP contribution in [0.3, 0.4) is 0 Å². The van der Waals surface area contributed by atoms with Gasteiger partial charge in [0.2, 0.25) is 5.91 Å². The number of ether oxygens (including phenoxy) is 1. The molecule has 1 amide bonds. The van der Waals surface area contributed by atoms with Gasteiger partial charge < -0.3 is 15.0 Å². The fourth-order valence-corrected chi connectivity index (χ4v) is 3.74. The summed E-state index contributed by atoms with van der Waals surface area (Å²) in [6.07, 6.45) is 3.61. The fourth-order valence-electron chi connectivity index (χ4n) is 3.74. The molecule has 0 radical (unpaired) electrons. The molecule has 0 saturated carbocycles. The van der Waals surface area contributed by atoms with Crippen molar-refractivity contribution < 1.29 is 13.9 Å². The second-order valence-corrected chi connectivity index (χ2v) is 6.81. The largest absolute Gasteiger partial charge is 0.487 e. The summed E-state index contributed by atoms with van der Waals surface area (Å²) < 4.78 is 21.0. The highest BCUT2D eigenvalue weighted by atomic mass is 19.1. The minimum atomic E-state index is -0.365. The second kappa shape index (κ2) is 6.15. The van der Waals surface area contributed by atoms with Gasteiger partial charge >= 0.3 is 0 Å². The molecule has 25 heavy (non-hydrogen) atoms. The number of nitrogens with zero attached hydrogens (tertiary/aromatic N) is 3. The molecule has 132 valence electrons. The zero-order valence-electron chi connectivity index (χ0n) is 14.3. The molecule has 1 N–H and O–H groups in total. The molecule has 0 aliphatic carbocycles. The van der Waals surface area contributed by atoms with Gasteiger partial charge in [-0.25, -0.2) is 4.39 Å². The molecule has 2 aliphatic rings. The van der Waals surface area contributed by atoms with E-state index in [1.807, 2.05) is 26.4 Å². The molecule has 1 aromatic heterocycles. The number of aryl methyl sites for hydroxylation is 1. The van der Waals surface area contributed by atoms with E-state index in [-0.39, 0.29) is 29.7 Å². The van der Waals surface area contributed by atoms with Crippen LogP contribution in [0.25, 0.3) is 0 Å². The van der Waals surface area contributed by atoms with Gasteiger partial charge in [0.1, 0.15) is 17.7 Å². The number of carbonyl (C=O) groups is 1. The third-order valence-electron chi connectivity index (χ3n) is 4.93. The van der Waals surface area contributed by atoms with Gasteiger partial charge in [0.05, 0.1) is 24.3 Å². The molecule has 2 aromatic rings. The summed E-state index contributed by atoms with van der Waals surface area (Å²) in [6.45, 7) is 3.73. The number of hydrogen-bond donors (Lipinski definition) is 1. The van der Waals surface area contributed by atoms with Gasteiger partial charge in [0.25, 0.3) is 0 Å². The molecule has 3 heterocycles. The maximum Gasteiger partial charge on any atom is 0.232 e. The van der Waals surface area contributed by atoms with Crippen molar-refractivity contribution in [1.82, 2.24) is 15.1 Å². The number of benzene rings is 1. The Morgan fingerprint density at radius 3 is 3.00 bits per heavy atom. The molecular weight excluding hydrogens is 323 g/mol. The zero-order chi connectivity index (χ0) is 17.6. The quantitative estimate of drug-likeness (QED) is 0.900. The molecule has 1 saturated heterocycles. The van der Waals surface area contributed by atoms with Crippen LogP contribution in [0.2, 0.25) is 0 Å². The van der Waals surface area contributed by atoms with Gasteiger partial charge in [0.15, 0.2) is 0 Å². The van der Waals surface area contributed by atoms with Crippen LogP contribution in [-0.4, -0.2) is 41.4 Å². The molecule has 0 spiro atoms. The first kappa shape index (κ1) is 16.1. The lowest BCUT2D eigenvalue weighted by Gasteiger charge is -2.35. The van der Waals surface area contributed by atoms with Crippen molar-refractivity contribution in [3.05, 3.63) is 42.0 Å². The fraction of sp³-hybridized carbons (Fsp3) is 0.444. The van der Waals surface area contributed by atoms with E-state index in [0.717, 1.165) is 12.1 Å². The lowest BCUT2D eigenvalue weighted by atomic mass is 9.89. The Kier molecular flexibility index (Phi) is 3.95. The van der Waals surface area contributed by atoms with Crippen LogP contribution in [0.15, 0.2) is 30.6 Å². The predicted molar refractivity (Wildman–Crippen MR) is 91.2 cm³/mol. The number of aromatic nitrogens is 2. The van der Waals surface area contributed by atoms with Crippen LogP contribution in [-0.2, 0) is 11.8 Å². The van der Waals surface area contributed by atoms with Gasteiger partial charge in [0, 0.05) is 38.3 Å². The normalized spacial score (nSPS) is 25.6. The van der Waals surface area contributed by atoms with Crippen molar-refractivity contribution in [2.45, 2.75) is 18.9 Å². The van der Waals surface area contributed by atoms with E-state index >= 15 is 0 Å². The first-order valence-corrected chi connectivity index (χ1v) is 8.50. The number of fused-ring (bicyclic) bond motifs is 1. The van der Waals surface area contributed by atoms with E-state index in [2.05, 4.69) is 10.4 Å². The van der Waals surface area contributed by atoms with E-state index in [1.165, 1.54) is 12.1 Å². The summed E-state index contributed by atoms with van der Waals surface area (Å²) in [5.74, 6) is 0.0181. The smallest absolute Gasteiger partial charge is 0.232 e. The summed E-state index contributed by atoms with van der Waals surface area (Å²) in [7, 11) is 1.87. The Balaban J connectivity index is 1.64. The van der Waals surface area contributed by atoms with Gasteiger partial charge in [-0.1, -0.05) is 0 Å². The molecule has 1 aromatic carbocycles. The van der Waals surface area contributed by atoms with Crippen LogP contribution in [0, 0.1) is 11.7 Å². The van der Waals surface area contributed by atoms with Crippen molar-refractivity contribution in [3.63, 3.8) is 0 Å². The van der Waals surface area contributed by atoms with Crippen LogP contribution in [0.1, 0.15) is 18.4 Å². The molecule has 1 fully saturated rings. The Morgan fingerprint density at radius 1 is 1.40 bits per heavy atom. The van der Waals surface area contributed by atoms with Gasteiger partial charge in [-0.3, -0.25) is 9.48 Å². The summed E-state index contributed by atoms with van der Waals surface area (Å²) in [6, 6.07) is 4.33. The molecule has 3 atom stereocenters. The number of rotatable bonds is 2. The average Bonchev–Trinajstić information content (AvgIpc) is 3.21. The van der Waals surface area contributed by atoms with E-state index in [1.54, 1.807) is 15.6 Å². The minimum absolute atomic E-state index is 0.0434. The lowest BCUT2D eigenvalue weighted by molar-refractivity contribution is -0.122. The molecule has 7 heteroatoms. The van der Waals surface area contributed by atoms with Crippen LogP contribution >= 0.6 is 0 Å². The third-order valence-corrected chi connectivity index (χ3v) is 4.93. The Hall–Kier alpha value is -2.41. The van der Waals surface area contributed by atoms with Crippen LogP contribution in [0.5, 0.6) is 5.75 Å². The van der Waals surface area contributed by atoms with Crippen molar-refractivity contribution >= 4 is 11.6 Å². The summed E-state index contributed by atoms with van der Waals surface area (Å²) in [5.41, 5.74) is 1.70. The SMILES string of the molecule is CC1CN(C(=O)[C@H]2CNC[C@@H]2c2cnn(C)c2)c2ccc(F)cc2O1. The highest BCUT2D eigenvalue weighted by Gasteiger charge is 2.39. The number of hydrogen-bond acceptors (Lipinski definition) is 4. The predicted octanol–water partition coefficient (Wildman–Crippen LogP) is 1.68. The summed E-state index contributed by atoms with van der Waals surface area (Å²) >= 11 is 0. The third kappa shape index (κ3) is 2.89. The summed E-state index contributed by atoms with van der Waals surface area (Å²) in [5, 5.41) is 7.55. The van der Waals surface area contributed by atoms with Gasteiger partial charge in [-0.05, 0) is 24.6 Å². The molecule has 4 rings (SSSR count). The molecular formula is C18H21FN4O2. The van der Waals surface area contributed by atoms with Crippen LogP contribution in [0.4, 0.5) is 10.1 Å². The molecule has 6 nitrogen and oxygen atoms in total. The second-order valence-electron chi connectivity index (χ2n) is 6.81. The standard InChI is InChI=1S/C18H21FN4O2/c1-11-9-23(16-4-3-13(19)5-17(16)25-11)18(24)15-8-20-7-14(15)12-6-21-22(2)10-12/h3-6,10-11,14-15,20H,7-9H2,1-2H3/t11?,14-,15+/m1/s1. The monoisotopic (exact) mass is 344 g/mol. The summed E-state index contributed by atoms with van der Waals surface area (Å²) in [4.78, 5) is 15.0. The van der Waals surface area contributed by atoms with Crippen molar-refractivity contribution in [1.29, 1.82) is 0 Å². The zero-order valence-corrected chi connectivity index (χ0v) is 14.3.